The summed E-state index contributed by atoms with van der Waals surface area (Å²) in [4.78, 5) is 59.3. The van der Waals surface area contributed by atoms with Crippen LogP contribution in [0, 0.1) is 0 Å². The van der Waals surface area contributed by atoms with Crippen molar-refractivity contribution in [3.63, 3.8) is 0 Å². The third kappa shape index (κ3) is 5.74. The number of nitrogens with one attached hydrogen (secondary N) is 2. The van der Waals surface area contributed by atoms with E-state index in [1.54, 1.807) is 23.2 Å². The number of anilines is 1. The van der Waals surface area contributed by atoms with Crippen LogP contribution in [0.15, 0.2) is 47.0 Å². The molecule has 2 aromatic heterocycles. The summed E-state index contributed by atoms with van der Waals surface area (Å²) in [6.45, 7) is 0.272. The zero-order chi connectivity index (χ0) is 26.5. The first-order chi connectivity index (χ1) is 17.8. The van der Waals surface area contributed by atoms with Gasteiger partial charge in [0.2, 0.25) is 6.41 Å². The smallest absolute Gasteiger partial charge is 0.276 e. The Morgan fingerprint density at radius 3 is 2.84 bits per heavy atom. The van der Waals surface area contributed by atoms with Gasteiger partial charge in [-0.1, -0.05) is 34.2 Å². The highest BCUT2D eigenvalue weighted by Gasteiger charge is 2.53. The van der Waals surface area contributed by atoms with Gasteiger partial charge in [0.25, 0.3) is 11.8 Å². The minimum Gasteiger partial charge on any atom is -0.543 e. The van der Waals surface area contributed by atoms with Gasteiger partial charge >= 0.3 is 0 Å². The summed E-state index contributed by atoms with van der Waals surface area (Å²) in [5, 5.41) is 20.3. The average molecular weight is 583 g/mol. The van der Waals surface area contributed by atoms with Gasteiger partial charge in [0, 0.05) is 23.5 Å². The van der Waals surface area contributed by atoms with E-state index >= 15 is 0 Å². The van der Waals surface area contributed by atoms with Crippen molar-refractivity contribution in [2.45, 2.75) is 18.0 Å². The highest BCUT2D eigenvalue weighted by molar-refractivity contribution is 8.00. The number of rotatable bonds is 11. The summed E-state index contributed by atoms with van der Waals surface area (Å²) in [6.07, 6.45) is 5.76. The largest absolute Gasteiger partial charge is 0.543 e. The molecular weight excluding hydrogens is 564 g/mol. The summed E-state index contributed by atoms with van der Waals surface area (Å²) in [6, 6.07) is 4.44. The Morgan fingerprint density at radius 2 is 2.16 bits per heavy atom. The summed E-state index contributed by atoms with van der Waals surface area (Å²) in [5.41, 5.74) is -0.00198. The topological polar surface area (TPSA) is 157 Å². The minimum absolute atomic E-state index is 0.0351. The highest BCUT2D eigenvalue weighted by Crippen LogP contribution is 2.40. The molecule has 12 nitrogen and oxygen atoms in total. The Kier molecular flexibility index (Phi) is 8.68. The van der Waals surface area contributed by atoms with Crippen LogP contribution in [0.5, 0.6) is 0 Å². The van der Waals surface area contributed by atoms with Crippen LogP contribution in [0.2, 0.25) is 4.34 Å². The summed E-state index contributed by atoms with van der Waals surface area (Å²) < 4.78 is 1.87. The van der Waals surface area contributed by atoms with E-state index in [-0.39, 0.29) is 39.1 Å². The molecule has 0 bridgehead atoms. The standard InChI is InChI=1S/C21H19ClN6O6S3/c1-35-10-34-26-13(12-16(22)37-21(25-12)23-9-29)17(30)24-14-18(31)28-15(20(32)33)11(8-36-19(14)28)7-27-5-3-2-4-6-27/h2-6,9,14,19H,7-8,10H2,1H3,(H2-,23,24,25,29,30,32,33)/b26-13-/t14?,19-/m1/s1. The molecule has 37 heavy (non-hydrogen) atoms. The van der Waals surface area contributed by atoms with E-state index in [0.29, 0.717) is 17.7 Å². The second-order valence-corrected chi connectivity index (χ2v) is 11.0. The lowest BCUT2D eigenvalue weighted by molar-refractivity contribution is -0.689. The number of pyridine rings is 1. The number of β-lactam (4-membered cyclic amide) rings is 1. The monoisotopic (exact) mass is 582 g/mol. The zero-order valence-corrected chi connectivity index (χ0v) is 22.3. The summed E-state index contributed by atoms with van der Waals surface area (Å²) in [7, 11) is 0. The van der Waals surface area contributed by atoms with Crippen LogP contribution in [0.3, 0.4) is 0 Å². The second kappa shape index (κ2) is 11.9. The second-order valence-electron chi connectivity index (χ2n) is 7.53. The Morgan fingerprint density at radius 1 is 1.41 bits per heavy atom. The number of carbonyl (C=O) groups excluding carboxylic acids is 4. The number of amides is 3. The first-order valence-electron chi connectivity index (χ1n) is 10.5. The van der Waals surface area contributed by atoms with Crippen molar-refractivity contribution in [3.05, 3.63) is 51.9 Å². The van der Waals surface area contributed by atoms with Crippen LogP contribution < -0.4 is 20.3 Å². The van der Waals surface area contributed by atoms with Crippen molar-refractivity contribution in [3.8, 4) is 0 Å². The highest BCUT2D eigenvalue weighted by atomic mass is 35.5. The number of halogens is 1. The molecule has 1 unspecified atom stereocenters. The van der Waals surface area contributed by atoms with Crippen molar-refractivity contribution in [1.82, 2.24) is 15.2 Å². The third-order valence-corrected chi connectivity index (χ3v) is 8.08. The van der Waals surface area contributed by atoms with Crippen LogP contribution >= 0.6 is 46.5 Å². The molecule has 0 aliphatic carbocycles. The number of nitrogens with zero attached hydrogens (tertiary/aromatic N) is 4. The molecule has 16 heteroatoms. The summed E-state index contributed by atoms with van der Waals surface area (Å²) in [5.74, 6) is -2.41. The fourth-order valence-electron chi connectivity index (χ4n) is 3.66. The molecule has 2 N–H and O–H groups in total. The van der Waals surface area contributed by atoms with E-state index in [1.165, 1.54) is 23.5 Å². The number of fused-ring (bicyclic) bond motifs is 1. The Hall–Kier alpha value is -3.14. The van der Waals surface area contributed by atoms with E-state index in [9.17, 15) is 24.3 Å². The van der Waals surface area contributed by atoms with E-state index in [0.717, 1.165) is 16.2 Å². The van der Waals surface area contributed by atoms with Crippen molar-refractivity contribution in [2.75, 3.05) is 23.3 Å². The van der Waals surface area contributed by atoms with Gasteiger partial charge in [0.05, 0.1) is 11.7 Å². The molecular formula is C21H19ClN6O6S3. The number of thioether (sulfide) groups is 2. The molecule has 2 aliphatic heterocycles. The molecule has 0 radical (unpaired) electrons. The fraction of sp³-hybridized carbons (Fsp3) is 0.286. The van der Waals surface area contributed by atoms with Gasteiger partial charge in [0.1, 0.15) is 21.4 Å². The number of carboxylic acid groups (broad SMARTS) is 1. The predicted octanol–water partition coefficient (Wildman–Crippen LogP) is -0.202. The number of thiazole rings is 1. The molecule has 4 rings (SSSR count). The lowest BCUT2D eigenvalue weighted by Crippen LogP contribution is -2.71. The number of hydrogen-bond donors (Lipinski definition) is 2. The van der Waals surface area contributed by atoms with Gasteiger partial charge in [-0.2, -0.15) is 0 Å². The number of oxime groups is 1. The SMILES string of the molecule is CSCO/N=C(\C(=O)NC1C(=O)N2C(C(=O)[O-])=C(C[n+]3ccccc3)CS[C@H]12)c1nc(NC=O)sc1Cl. The summed E-state index contributed by atoms with van der Waals surface area (Å²) >= 11 is 9.76. The molecule has 2 aromatic rings. The van der Waals surface area contributed by atoms with Crippen LogP contribution in [0.4, 0.5) is 5.13 Å². The predicted molar refractivity (Wildman–Crippen MR) is 137 cm³/mol. The van der Waals surface area contributed by atoms with Crippen LogP contribution in [0.1, 0.15) is 5.69 Å². The maximum atomic E-state index is 13.2. The normalized spacial score (nSPS) is 19.1. The Labute approximate surface area is 228 Å². The fourth-order valence-corrected chi connectivity index (χ4v) is 6.16. The molecule has 0 spiro atoms. The zero-order valence-electron chi connectivity index (χ0n) is 19.1. The third-order valence-electron chi connectivity index (χ3n) is 5.21. The van der Waals surface area contributed by atoms with E-state index in [2.05, 4.69) is 20.8 Å². The van der Waals surface area contributed by atoms with E-state index < -0.39 is 29.2 Å². The lowest BCUT2D eigenvalue weighted by Gasteiger charge is -2.50. The van der Waals surface area contributed by atoms with Gasteiger partial charge in [-0.3, -0.25) is 19.3 Å². The van der Waals surface area contributed by atoms with Crippen molar-refractivity contribution in [1.29, 1.82) is 0 Å². The van der Waals surface area contributed by atoms with Gasteiger partial charge in [-0.15, -0.1) is 23.5 Å². The van der Waals surface area contributed by atoms with Gasteiger partial charge in [0.15, 0.2) is 35.7 Å². The van der Waals surface area contributed by atoms with Gasteiger partial charge < -0.3 is 25.4 Å². The van der Waals surface area contributed by atoms with Crippen molar-refractivity contribution in [2.24, 2.45) is 5.16 Å². The molecule has 1 fully saturated rings. The number of carbonyl (C=O) groups is 4. The van der Waals surface area contributed by atoms with E-state index in [1.807, 2.05) is 18.2 Å². The number of carboxylic acids is 1. The van der Waals surface area contributed by atoms with E-state index in [4.69, 9.17) is 16.4 Å². The first kappa shape index (κ1) is 26.9. The maximum Gasteiger partial charge on any atom is 0.276 e. The quantitative estimate of drug-likeness (QED) is 0.0696. The Bertz CT molecular complexity index is 1290. The maximum absolute atomic E-state index is 13.2. The lowest BCUT2D eigenvalue weighted by atomic mass is 10.0. The molecule has 2 aliphatic rings. The minimum atomic E-state index is -1.47. The van der Waals surface area contributed by atoms with Crippen molar-refractivity contribution >= 4 is 81.5 Å². The number of aliphatic carboxylic acids is 1. The average Bonchev–Trinajstić information content (AvgIpc) is 3.24. The Balaban J connectivity index is 1.55. The van der Waals surface area contributed by atoms with Crippen LogP contribution in [-0.2, 0) is 30.6 Å². The number of aromatic nitrogens is 2. The van der Waals surface area contributed by atoms with Crippen LogP contribution in [-0.4, -0.2) is 69.2 Å². The first-order valence-corrected chi connectivity index (χ1v) is 14.2. The molecule has 0 saturated carbocycles. The van der Waals surface area contributed by atoms with Crippen LogP contribution in [0.25, 0.3) is 0 Å². The van der Waals surface area contributed by atoms with Gasteiger partial charge in [-0.25, -0.2) is 9.55 Å². The van der Waals surface area contributed by atoms with Gasteiger partial charge in [-0.05, 0) is 6.26 Å². The molecule has 194 valence electrons. The molecule has 3 amide bonds. The molecule has 0 aromatic carbocycles. The van der Waals surface area contributed by atoms with Crippen molar-refractivity contribution < 1.29 is 33.7 Å². The number of hydrogen-bond acceptors (Lipinski definition) is 11. The molecule has 4 heterocycles. The molecule has 1 saturated heterocycles. The molecule has 2 atom stereocenters.